The van der Waals surface area contributed by atoms with Crippen molar-refractivity contribution < 1.29 is 57.8 Å². The van der Waals surface area contributed by atoms with Gasteiger partial charge in [-0.15, -0.1) is 0 Å². The summed E-state index contributed by atoms with van der Waals surface area (Å²) in [7, 11) is 3.31. The van der Waals surface area contributed by atoms with Crippen molar-refractivity contribution in [2.45, 2.75) is 85.6 Å². The Hall–Kier alpha value is -5.85. The topological polar surface area (TPSA) is 237 Å². The predicted molar refractivity (Wildman–Crippen MR) is 244 cm³/mol. The van der Waals surface area contributed by atoms with Gasteiger partial charge in [0.2, 0.25) is 0 Å². The molecule has 3 heterocycles. The molecule has 17 nitrogen and oxygen atoms in total. The van der Waals surface area contributed by atoms with Crippen LogP contribution < -0.4 is 30.9 Å². The number of Topliss-reactive ketones (excluding diaryl/α,β-unsaturated/α-hetero) is 1. The van der Waals surface area contributed by atoms with E-state index in [9.17, 15) is 34.5 Å². The molecule has 1 amide bonds. The fourth-order valence-corrected chi connectivity index (χ4v) is 8.46. The van der Waals surface area contributed by atoms with Gasteiger partial charge in [-0.25, -0.2) is 4.98 Å². The molecule has 9 atom stereocenters. The van der Waals surface area contributed by atoms with Crippen LogP contribution in [0, 0.1) is 30.6 Å². The number of fused-ring (bicyclic) bond motifs is 5. The molecule has 2 aliphatic rings. The molecule has 0 unspecified atom stereocenters. The summed E-state index contributed by atoms with van der Waals surface area (Å²) in [4.78, 5) is 60.3. The first kappa shape index (κ1) is 48.6. The van der Waals surface area contributed by atoms with Gasteiger partial charge in [-0.05, 0) is 39.1 Å². The van der Waals surface area contributed by atoms with E-state index in [1.54, 1.807) is 58.0 Å². The Balaban J connectivity index is 1.54. The van der Waals surface area contributed by atoms with Crippen LogP contribution in [0.3, 0.4) is 0 Å². The Morgan fingerprint density at radius 3 is 2.42 bits per heavy atom. The third-order valence-corrected chi connectivity index (χ3v) is 12.4. The monoisotopic (exact) mass is 900 g/mol. The summed E-state index contributed by atoms with van der Waals surface area (Å²) in [5.41, 5.74) is -0.563. The van der Waals surface area contributed by atoms with Crippen LogP contribution in [0.2, 0.25) is 0 Å². The van der Waals surface area contributed by atoms with Gasteiger partial charge in [-0.2, -0.15) is 0 Å². The molecule has 0 saturated heterocycles. The number of benzene rings is 3. The molecule has 0 saturated carbocycles. The van der Waals surface area contributed by atoms with Gasteiger partial charge in [-0.1, -0.05) is 45.9 Å². The molecule has 1 aromatic heterocycles. The first-order chi connectivity index (χ1) is 30.8. The molecule has 350 valence electrons. The number of phenolic OH excluding ortho intramolecular Hbond substituents is 1. The van der Waals surface area contributed by atoms with E-state index in [-0.39, 0.29) is 55.6 Å². The van der Waals surface area contributed by atoms with Gasteiger partial charge < -0.3 is 59.4 Å². The number of nitrogens with zero attached hydrogens (tertiary/aromatic N) is 1. The highest BCUT2D eigenvalue weighted by Gasteiger charge is 2.49. The molecule has 6 rings (SSSR count). The van der Waals surface area contributed by atoms with Crippen LogP contribution in [0.4, 0.5) is 5.69 Å². The number of ether oxygens (including phenoxy) is 5. The van der Waals surface area contributed by atoms with Gasteiger partial charge >= 0.3 is 11.8 Å². The lowest BCUT2D eigenvalue weighted by Gasteiger charge is -2.38. The van der Waals surface area contributed by atoms with Gasteiger partial charge in [0, 0.05) is 86.9 Å². The van der Waals surface area contributed by atoms with Crippen LogP contribution in [-0.4, -0.2) is 109 Å². The first-order valence-electron chi connectivity index (χ1n) is 21.7. The number of allylic oxidation sites excluding steroid dienone is 2. The number of ketones is 1. The number of nitrogens with one attached hydrogen (secondary N) is 3. The summed E-state index contributed by atoms with van der Waals surface area (Å²) in [6.07, 6.45) is 3.59. The molecule has 0 radical (unpaired) electrons. The molecule has 5 bridgehead atoms. The summed E-state index contributed by atoms with van der Waals surface area (Å²) in [6.45, 7) is 15.0. The fourth-order valence-electron chi connectivity index (χ4n) is 8.46. The standard InChI is InChI=1S/C48H60N4O13/c1-23-12-11-13-24(2)47(59)52-38-42(57)35-34(37-45(38)64-33-22-30(14-15-31(33)51-37)61-21-19-50-18-17-49-9)36-44(28(6)41(35)56)65-48(8,46(36)58)62-20-16-32(60-10)25(3)43(63-29(7)53)27(5)40(55)26(4)39(23)54/h11-16,20,22-23,25-27,32,39-40,43,49-50,54-55,57H,17-19,21H2,1-10H3,(H,52,59)/b12-11+,20-16+,24-13-/t23-,25+,26+,27+,32-,39-,40+,43+,48-/m0/s1. The van der Waals surface area contributed by atoms with Crippen molar-refractivity contribution in [1.82, 2.24) is 15.6 Å². The van der Waals surface area contributed by atoms with Crippen molar-refractivity contribution in [3.8, 4) is 17.2 Å². The molecule has 6 N–H and O–H groups in total. The van der Waals surface area contributed by atoms with Gasteiger partial charge in [-0.3, -0.25) is 19.2 Å². The van der Waals surface area contributed by atoms with Crippen molar-refractivity contribution in [2.75, 3.05) is 45.7 Å². The number of carbonyl (C=O) groups is 3. The molecular formula is C48H60N4O13. The number of methoxy groups -OCH3 is 1. The summed E-state index contributed by atoms with van der Waals surface area (Å²) >= 11 is 0. The normalized spacial score (nSPS) is 28.4. The van der Waals surface area contributed by atoms with E-state index in [2.05, 4.69) is 16.0 Å². The number of phenols is 1. The van der Waals surface area contributed by atoms with E-state index < -0.39 is 82.7 Å². The maximum absolute atomic E-state index is 14.7. The van der Waals surface area contributed by atoms with E-state index in [4.69, 9.17) is 33.1 Å². The number of hydrogen-bond donors (Lipinski definition) is 6. The number of amides is 1. The largest absolute Gasteiger partial charge is 0.505 e. The summed E-state index contributed by atoms with van der Waals surface area (Å²) in [5.74, 6) is -6.84. The highest BCUT2D eigenvalue weighted by atomic mass is 16.7. The summed E-state index contributed by atoms with van der Waals surface area (Å²) < 4.78 is 36.3. The second-order valence-electron chi connectivity index (χ2n) is 17.1. The van der Waals surface area contributed by atoms with Crippen molar-refractivity contribution >= 4 is 56.3 Å². The minimum Gasteiger partial charge on any atom is -0.505 e. The van der Waals surface area contributed by atoms with Gasteiger partial charge in [0.25, 0.3) is 11.7 Å². The lowest BCUT2D eigenvalue weighted by Crippen LogP contribution is -2.46. The molecular weight excluding hydrogens is 841 g/mol. The maximum atomic E-state index is 14.7. The smallest absolute Gasteiger partial charge is 0.312 e. The Labute approximate surface area is 376 Å². The Morgan fingerprint density at radius 1 is 0.985 bits per heavy atom. The SMILES string of the molecule is CNCCNCCOc1ccc2nc3c(oc2c1)c1c(O)c2c(=O)c(C)c4c(c23)C(=O)[C@@](C)(O/C=C/[C@H](OC)[C@@H](C)[C@@H](OC(C)=O)[C@H](C)[C@H](O)[C@H](C)[C@@H](O)[C@@H](C)/C=C/C=C(/C)C(=O)N1)O4. The Kier molecular flexibility index (Phi) is 15.0. The highest BCUT2D eigenvalue weighted by Crippen LogP contribution is 2.48. The Morgan fingerprint density at radius 2 is 1.72 bits per heavy atom. The number of aliphatic hydroxyl groups excluding tert-OH is 2. The number of aliphatic hydroxyl groups is 2. The number of aromatic nitrogens is 1. The molecule has 0 spiro atoms. The van der Waals surface area contributed by atoms with E-state index in [1.165, 1.54) is 53.2 Å². The molecule has 65 heavy (non-hydrogen) atoms. The van der Waals surface area contributed by atoms with E-state index in [0.29, 0.717) is 24.4 Å². The van der Waals surface area contributed by atoms with Crippen LogP contribution in [0.5, 0.6) is 17.2 Å². The number of hydrogen-bond acceptors (Lipinski definition) is 16. The lowest BCUT2D eigenvalue weighted by atomic mass is 9.78. The second-order valence-corrected chi connectivity index (χ2v) is 17.1. The lowest BCUT2D eigenvalue weighted by molar-refractivity contribution is -0.160. The maximum Gasteiger partial charge on any atom is 0.312 e. The zero-order chi connectivity index (χ0) is 47.5. The van der Waals surface area contributed by atoms with Crippen LogP contribution in [0.15, 0.2) is 63.6 Å². The number of anilines is 1. The number of carbonyl (C=O) groups excluding carboxylic acids is 3. The van der Waals surface area contributed by atoms with Gasteiger partial charge in [0.05, 0.1) is 35.5 Å². The van der Waals surface area contributed by atoms with Crippen molar-refractivity contribution in [1.29, 1.82) is 0 Å². The van der Waals surface area contributed by atoms with Crippen molar-refractivity contribution in [3.63, 3.8) is 0 Å². The van der Waals surface area contributed by atoms with E-state index >= 15 is 0 Å². The zero-order valence-corrected chi connectivity index (χ0v) is 38.4. The van der Waals surface area contributed by atoms with Gasteiger partial charge in [0.15, 0.2) is 22.3 Å². The third kappa shape index (κ3) is 9.75. The summed E-state index contributed by atoms with van der Waals surface area (Å²) in [5, 5.41) is 43.7. The van der Waals surface area contributed by atoms with Crippen molar-refractivity contribution in [3.05, 3.63) is 75.7 Å². The predicted octanol–water partition coefficient (Wildman–Crippen LogP) is 5.19. The minimum absolute atomic E-state index is 0.0125. The van der Waals surface area contributed by atoms with Crippen LogP contribution >= 0.6 is 0 Å². The van der Waals surface area contributed by atoms with Crippen LogP contribution in [0.25, 0.3) is 33.0 Å². The molecule has 17 heteroatoms. The quantitative estimate of drug-likeness (QED) is 0.0417. The average molecular weight is 901 g/mol. The number of likely N-dealkylation sites (N-methyl/N-ethyl adjacent to an activating group) is 1. The van der Waals surface area contributed by atoms with E-state index in [0.717, 1.165) is 13.1 Å². The molecule has 0 fully saturated rings. The minimum atomic E-state index is -2.05. The Bertz CT molecular complexity index is 2620. The number of aromatic hydroxyl groups is 1. The van der Waals surface area contributed by atoms with Crippen molar-refractivity contribution in [2.24, 2.45) is 23.7 Å². The number of esters is 1. The zero-order valence-electron chi connectivity index (χ0n) is 38.4. The molecule has 4 aromatic rings. The third-order valence-electron chi connectivity index (χ3n) is 12.4. The average Bonchev–Trinajstić information content (AvgIpc) is 3.54. The molecule has 3 aromatic carbocycles. The first-order valence-corrected chi connectivity index (χ1v) is 21.7. The van der Waals surface area contributed by atoms with Crippen LogP contribution in [-0.2, 0) is 23.8 Å². The summed E-state index contributed by atoms with van der Waals surface area (Å²) in [6, 6.07) is 4.96. The van der Waals surface area contributed by atoms with Crippen LogP contribution in [0.1, 0.15) is 64.4 Å². The highest BCUT2D eigenvalue weighted by molar-refractivity contribution is 6.26. The molecule has 2 aliphatic heterocycles. The molecule has 0 aliphatic carbocycles. The van der Waals surface area contributed by atoms with E-state index in [1.807, 2.05) is 7.05 Å². The second kappa shape index (κ2) is 20.1. The fraction of sp³-hybridized carbons (Fsp3) is 0.479. The van der Waals surface area contributed by atoms with Gasteiger partial charge in [0.1, 0.15) is 40.9 Å². The number of rotatable bonds is 9.